The first kappa shape index (κ1) is 9.26. The normalized spacial score (nSPS) is 9.83. The fourth-order valence-electron chi connectivity index (χ4n) is 0.822. The lowest BCUT2D eigenvalue weighted by molar-refractivity contribution is 0.101. The molecule has 12 heavy (non-hydrogen) atoms. The van der Waals surface area contributed by atoms with E-state index < -0.39 is 0 Å². The number of hydrogen-bond donors (Lipinski definition) is 0. The van der Waals surface area contributed by atoms with Crippen LogP contribution in [-0.4, -0.2) is 16.5 Å². The second-order valence-electron chi connectivity index (χ2n) is 2.37. The third-order valence-electron chi connectivity index (χ3n) is 1.44. The highest BCUT2D eigenvalue weighted by Gasteiger charge is 1.99. The number of Topliss-reactive ketones (excluding diaryl/α,β-unsaturated/α-hetero) is 1. The highest BCUT2D eigenvalue weighted by Crippen LogP contribution is 2.14. The van der Waals surface area contributed by atoms with Crippen LogP contribution in [0.5, 0.6) is 0 Å². The molecule has 2 nitrogen and oxygen atoms in total. The average molecular weight is 181 g/mol. The van der Waals surface area contributed by atoms with Crippen LogP contribution in [0.25, 0.3) is 0 Å². The summed E-state index contributed by atoms with van der Waals surface area (Å²) in [5.74, 6) is 1.07. The number of thioether (sulfide) groups is 1. The molecule has 0 fully saturated rings. The number of aromatic nitrogens is 1. The first-order chi connectivity index (χ1) is 5.74. The van der Waals surface area contributed by atoms with Crippen molar-refractivity contribution >= 4 is 17.5 Å². The lowest BCUT2D eigenvalue weighted by Crippen LogP contribution is -1.92. The molecule has 0 spiro atoms. The van der Waals surface area contributed by atoms with Gasteiger partial charge in [0, 0.05) is 11.8 Å². The van der Waals surface area contributed by atoms with E-state index in [-0.39, 0.29) is 5.78 Å². The van der Waals surface area contributed by atoms with E-state index in [1.54, 1.807) is 24.9 Å². The number of carbonyl (C=O) groups excluding carboxylic acids is 1. The zero-order valence-corrected chi connectivity index (χ0v) is 8.02. The number of pyridine rings is 1. The van der Waals surface area contributed by atoms with E-state index in [4.69, 9.17) is 0 Å². The maximum atomic E-state index is 10.9. The van der Waals surface area contributed by atoms with Crippen molar-refractivity contribution in [2.75, 3.05) is 5.75 Å². The predicted octanol–water partition coefficient (Wildman–Crippen LogP) is 2.40. The smallest absolute Gasteiger partial charge is 0.161 e. The molecule has 64 valence electrons. The summed E-state index contributed by atoms with van der Waals surface area (Å²) in [5.41, 5.74) is 0.676. The summed E-state index contributed by atoms with van der Waals surface area (Å²) in [7, 11) is 0. The molecule has 0 radical (unpaired) electrons. The largest absolute Gasteiger partial charge is 0.294 e. The van der Waals surface area contributed by atoms with Crippen molar-refractivity contribution in [3.05, 3.63) is 23.9 Å². The molecule has 0 aromatic carbocycles. The Balaban J connectivity index is 2.78. The minimum absolute atomic E-state index is 0.0653. The summed E-state index contributed by atoms with van der Waals surface area (Å²) in [5, 5.41) is 0.975. The molecule has 0 N–H and O–H groups in total. The van der Waals surface area contributed by atoms with Crippen molar-refractivity contribution in [3.8, 4) is 0 Å². The van der Waals surface area contributed by atoms with Gasteiger partial charge in [-0.25, -0.2) is 4.98 Å². The molecule has 3 heteroatoms. The van der Waals surface area contributed by atoms with Crippen molar-refractivity contribution in [2.45, 2.75) is 18.9 Å². The maximum absolute atomic E-state index is 10.9. The van der Waals surface area contributed by atoms with E-state index in [0.717, 1.165) is 10.8 Å². The number of hydrogen-bond acceptors (Lipinski definition) is 3. The van der Waals surface area contributed by atoms with Gasteiger partial charge >= 0.3 is 0 Å². The van der Waals surface area contributed by atoms with Gasteiger partial charge in [-0.05, 0) is 24.8 Å². The SMILES string of the molecule is CCSc1ccc(C(C)=O)cn1. The summed E-state index contributed by atoms with van der Waals surface area (Å²) in [6, 6.07) is 3.69. The summed E-state index contributed by atoms with van der Waals surface area (Å²) in [6.07, 6.45) is 1.63. The van der Waals surface area contributed by atoms with Gasteiger partial charge in [0.2, 0.25) is 0 Å². The van der Waals surface area contributed by atoms with Crippen LogP contribution in [0, 0.1) is 0 Å². The van der Waals surface area contributed by atoms with E-state index in [0.29, 0.717) is 5.56 Å². The van der Waals surface area contributed by atoms with Crippen molar-refractivity contribution in [3.63, 3.8) is 0 Å². The van der Waals surface area contributed by atoms with E-state index >= 15 is 0 Å². The Hall–Kier alpha value is -0.830. The van der Waals surface area contributed by atoms with Crippen molar-refractivity contribution in [1.82, 2.24) is 4.98 Å². The van der Waals surface area contributed by atoms with Crippen LogP contribution in [0.1, 0.15) is 24.2 Å². The highest BCUT2D eigenvalue weighted by atomic mass is 32.2. The summed E-state index contributed by atoms with van der Waals surface area (Å²) in [4.78, 5) is 15.0. The quantitative estimate of drug-likeness (QED) is 0.529. The third-order valence-corrected chi connectivity index (χ3v) is 2.26. The molecule has 1 aromatic heterocycles. The average Bonchev–Trinajstić information content (AvgIpc) is 2.06. The van der Waals surface area contributed by atoms with Crippen LogP contribution in [0.15, 0.2) is 23.4 Å². The van der Waals surface area contributed by atoms with Crippen LogP contribution in [0.2, 0.25) is 0 Å². The standard InChI is InChI=1S/C9H11NOS/c1-3-12-9-5-4-8(6-10-9)7(2)11/h4-6H,3H2,1-2H3. The van der Waals surface area contributed by atoms with Crippen molar-refractivity contribution in [2.24, 2.45) is 0 Å². The molecular formula is C9H11NOS. The molecule has 0 unspecified atom stereocenters. The van der Waals surface area contributed by atoms with Gasteiger partial charge in [0.25, 0.3) is 0 Å². The molecule has 0 aliphatic carbocycles. The Bertz CT molecular complexity index is 268. The van der Waals surface area contributed by atoms with Crippen LogP contribution in [0.4, 0.5) is 0 Å². The van der Waals surface area contributed by atoms with E-state index in [9.17, 15) is 4.79 Å². The van der Waals surface area contributed by atoms with Gasteiger partial charge in [-0.15, -0.1) is 11.8 Å². The van der Waals surface area contributed by atoms with E-state index in [1.165, 1.54) is 0 Å². The van der Waals surface area contributed by atoms with Gasteiger partial charge in [-0.3, -0.25) is 4.79 Å². The molecule has 0 atom stereocenters. The zero-order chi connectivity index (χ0) is 8.97. The Morgan fingerprint density at radius 3 is 2.75 bits per heavy atom. The number of carbonyl (C=O) groups is 1. The highest BCUT2D eigenvalue weighted by molar-refractivity contribution is 7.99. The first-order valence-electron chi connectivity index (χ1n) is 3.84. The Morgan fingerprint density at radius 2 is 2.33 bits per heavy atom. The van der Waals surface area contributed by atoms with Crippen molar-refractivity contribution in [1.29, 1.82) is 0 Å². The number of ketones is 1. The van der Waals surface area contributed by atoms with Gasteiger partial charge in [0.05, 0.1) is 5.03 Å². The first-order valence-corrected chi connectivity index (χ1v) is 4.82. The topological polar surface area (TPSA) is 30.0 Å². The second-order valence-corrected chi connectivity index (χ2v) is 3.66. The van der Waals surface area contributed by atoms with E-state index in [2.05, 4.69) is 11.9 Å². The molecule has 0 aliphatic rings. The second kappa shape index (κ2) is 4.26. The van der Waals surface area contributed by atoms with Crippen molar-refractivity contribution < 1.29 is 4.79 Å². The fraction of sp³-hybridized carbons (Fsp3) is 0.333. The van der Waals surface area contributed by atoms with Gasteiger partial charge in [0.15, 0.2) is 5.78 Å². The summed E-state index contributed by atoms with van der Waals surface area (Å²) >= 11 is 1.67. The third kappa shape index (κ3) is 2.34. The molecule has 1 aromatic rings. The lowest BCUT2D eigenvalue weighted by atomic mass is 10.2. The lowest BCUT2D eigenvalue weighted by Gasteiger charge is -1.97. The van der Waals surface area contributed by atoms with Gasteiger partial charge in [-0.1, -0.05) is 6.92 Å². The van der Waals surface area contributed by atoms with Gasteiger partial charge in [0.1, 0.15) is 0 Å². The molecule has 1 heterocycles. The van der Waals surface area contributed by atoms with Crippen LogP contribution in [-0.2, 0) is 0 Å². The zero-order valence-electron chi connectivity index (χ0n) is 7.20. The fourth-order valence-corrected chi connectivity index (χ4v) is 1.41. The Kier molecular flexibility index (Phi) is 3.29. The van der Waals surface area contributed by atoms with Crippen LogP contribution in [0.3, 0.4) is 0 Å². The monoisotopic (exact) mass is 181 g/mol. The number of rotatable bonds is 3. The van der Waals surface area contributed by atoms with Gasteiger partial charge in [-0.2, -0.15) is 0 Å². The number of nitrogens with zero attached hydrogens (tertiary/aromatic N) is 1. The molecule has 0 saturated carbocycles. The predicted molar refractivity (Wildman–Crippen MR) is 50.6 cm³/mol. The Labute approximate surface area is 76.4 Å². The summed E-state index contributed by atoms with van der Waals surface area (Å²) in [6.45, 7) is 3.62. The minimum Gasteiger partial charge on any atom is -0.294 e. The van der Waals surface area contributed by atoms with Gasteiger partial charge < -0.3 is 0 Å². The summed E-state index contributed by atoms with van der Waals surface area (Å²) < 4.78 is 0. The molecule has 0 bridgehead atoms. The molecular weight excluding hydrogens is 170 g/mol. The van der Waals surface area contributed by atoms with E-state index in [1.807, 2.05) is 12.1 Å². The molecule has 0 aliphatic heterocycles. The Morgan fingerprint density at radius 1 is 1.58 bits per heavy atom. The maximum Gasteiger partial charge on any atom is 0.161 e. The van der Waals surface area contributed by atoms with Crippen LogP contribution >= 0.6 is 11.8 Å². The molecule has 0 saturated heterocycles. The molecule has 1 rings (SSSR count). The van der Waals surface area contributed by atoms with Crippen LogP contribution < -0.4 is 0 Å². The minimum atomic E-state index is 0.0653. The molecule has 0 amide bonds.